The Balaban J connectivity index is 2.05. The van der Waals surface area contributed by atoms with Crippen LogP contribution in [-0.2, 0) is 4.79 Å². The number of hydrogen-bond acceptors (Lipinski definition) is 7. The van der Waals surface area contributed by atoms with Crippen LogP contribution in [0.5, 0.6) is 0 Å². The number of fused-ring (bicyclic) bond motifs is 2. The Morgan fingerprint density at radius 2 is 2.17 bits per heavy atom. The predicted molar refractivity (Wildman–Crippen MR) is 80.9 cm³/mol. The third-order valence-electron chi connectivity index (χ3n) is 4.48. The van der Waals surface area contributed by atoms with E-state index in [1.165, 1.54) is 6.20 Å². The van der Waals surface area contributed by atoms with Crippen molar-refractivity contribution in [2.24, 2.45) is 23.5 Å². The lowest BCUT2D eigenvalue weighted by Crippen LogP contribution is -2.41. The van der Waals surface area contributed by atoms with E-state index in [1.807, 2.05) is 18.2 Å². The first kappa shape index (κ1) is 14.8. The van der Waals surface area contributed by atoms with Crippen molar-refractivity contribution in [2.45, 2.75) is 12.5 Å². The minimum absolute atomic E-state index is 0.000809. The van der Waals surface area contributed by atoms with Gasteiger partial charge in [0.2, 0.25) is 11.7 Å². The van der Waals surface area contributed by atoms with Crippen molar-refractivity contribution >= 4 is 23.1 Å². The molecule has 9 heteroatoms. The Morgan fingerprint density at radius 3 is 2.78 bits per heavy atom. The minimum Gasteiger partial charge on any atom is -0.378 e. The number of rotatable bonds is 4. The van der Waals surface area contributed by atoms with Crippen LogP contribution >= 0.6 is 0 Å². The number of nitrogens with zero attached hydrogens (tertiary/aromatic N) is 3. The summed E-state index contributed by atoms with van der Waals surface area (Å²) in [5, 5.41) is 23.5. The second-order valence-corrected chi connectivity index (χ2v) is 5.70. The third kappa shape index (κ3) is 2.24. The summed E-state index contributed by atoms with van der Waals surface area (Å²) in [6.45, 7) is 0. The molecule has 0 aromatic carbocycles. The number of carbonyl (C=O) groups is 1. The average Bonchev–Trinajstić information content (AvgIpc) is 3.08. The Bertz CT molecular complexity index is 769. The molecule has 3 rings (SSSR count). The molecule has 1 amide bonds. The van der Waals surface area contributed by atoms with Gasteiger partial charge in [0.15, 0.2) is 0 Å². The molecule has 118 valence electrons. The van der Waals surface area contributed by atoms with Gasteiger partial charge in [-0.25, -0.2) is 4.98 Å². The summed E-state index contributed by atoms with van der Waals surface area (Å²) in [6, 6.07) is 1.45. The molecule has 4 atom stereocenters. The number of allylic oxidation sites excluding steroid dienone is 1. The monoisotopic (exact) mass is 314 g/mol. The van der Waals surface area contributed by atoms with Gasteiger partial charge in [0.05, 0.1) is 10.8 Å². The van der Waals surface area contributed by atoms with Crippen molar-refractivity contribution < 1.29 is 9.72 Å². The van der Waals surface area contributed by atoms with Gasteiger partial charge < -0.3 is 16.8 Å². The molecule has 0 unspecified atom stereocenters. The Morgan fingerprint density at radius 1 is 1.48 bits per heavy atom. The van der Waals surface area contributed by atoms with Crippen LogP contribution in [0.15, 0.2) is 18.3 Å². The number of nitrogen functional groups attached to an aromatic ring is 1. The lowest BCUT2D eigenvalue weighted by atomic mass is 9.88. The van der Waals surface area contributed by atoms with Crippen molar-refractivity contribution in [3.63, 3.8) is 0 Å². The maximum atomic E-state index is 11.7. The molecule has 5 N–H and O–H groups in total. The first-order valence-corrected chi connectivity index (χ1v) is 7.01. The fourth-order valence-corrected chi connectivity index (χ4v) is 3.50. The van der Waals surface area contributed by atoms with E-state index in [2.05, 4.69) is 10.3 Å². The van der Waals surface area contributed by atoms with Gasteiger partial charge in [-0.2, -0.15) is 5.26 Å². The molecule has 1 saturated carbocycles. The van der Waals surface area contributed by atoms with Crippen molar-refractivity contribution in [1.29, 1.82) is 5.26 Å². The molecule has 0 aliphatic heterocycles. The van der Waals surface area contributed by atoms with E-state index in [4.69, 9.17) is 11.5 Å². The Kier molecular flexibility index (Phi) is 3.37. The number of pyridine rings is 1. The highest BCUT2D eigenvalue weighted by Crippen LogP contribution is 2.46. The number of amides is 1. The molecule has 2 aliphatic rings. The summed E-state index contributed by atoms with van der Waals surface area (Å²) < 4.78 is 0. The Hall–Kier alpha value is -3.15. The molecule has 1 heterocycles. The highest BCUT2D eigenvalue weighted by atomic mass is 16.6. The van der Waals surface area contributed by atoms with Crippen molar-refractivity contribution in [3.8, 4) is 6.07 Å². The van der Waals surface area contributed by atoms with Gasteiger partial charge in [-0.1, -0.05) is 12.2 Å². The molecule has 9 nitrogen and oxygen atoms in total. The van der Waals surface area contributed by atoms with Crippen molar-refractivity contribution in [2.75, 3.05) is 11.1 Å². The first-order chi connectivity index (χ1) is 10.9. The number of nitro groups is 1. The summed E-state index contributed by atoms with van der Waals surface area (Å²) in [5.41, 5.74) is 10.6. The van der Waals surface area contributed by atoms with E-state index in [0.717, 1.165) is 6.42 Å². The van der Waals surface area contributed by atoms with Crippen LogP contribution in [0.4, 0.5) is 17.2 Å². The zero-order valence-corrected chi connectivity index (χ0v) is 12.0. The number of hydrogen-bond donors (Lipinski definition) is 3. The summed E-state index contributed by atoms with van der Waals surface area (Å²) >= 11 is 0. The largest absolute Gasteiger partial charge is 0.378 e. The van der Waals surface area contributed by atoms with Gasteiger partial charge in [-0.05, 0) is 18.3 Å². The summed E-state index contributed by atoms with van der Waals surface area (Å²) in [6.07, 6.45) is 5.83. The van der Waals surface area contributed by atoms with Crippen LogP contribution in [0.25, 0.3) is 0 Å². The molecule has 0 spiro atoms. The van der Waals surface area contributed by atoms with Crippen LogP contribution < -0.4 is 16.8 Å². The molecular formula is C14H14N6O3. The minimum atomic E-state index is -0.687. The lowest BCUT2D eigenvalue weighted by molar-refractivity contribution is -0.383. The van der Waals surface area contributed by atoms with Crippen LogP contribution in [0.2, 0.25) is 0 Å². The van der Waals surface area contributed by atoms with E-state index >= 15 is 0 Å². The second kappa shape index (κ2) is 5.24. The van der Waals surface area contributed by atoms with Gasteiger partial charge in [-0.15, -0.1) is 0 Å². The number of carbonyl (C=O) groups excluding carboxylic acids is 1. The number of primary amides is 1. The summed E-state index contributed by atoms with van der Waals surface area (Å²) in [5.74, 6) is -1.20. The average molecular weight is 314 g/mol. The third-order valence-corrected chi connectivity index (χ3v) is 4.48. The first-order valence-electron chi connectivity index (χ1n) is 7.01. The predicted octanol–water partition coefficient (Wildman–Crippen LogP) is 0.532. The molecule has 0 saturated heterocycles. The highest BCUT2D eigenvalue weighted by Gasteiger charge is 2.48. The quantitative estimate of drug-likeness (QED) is 0.415. The van der Waals surface area contributed by atoms with Crippen LogP contribution in [-0.4, -0.2) is 21.9 Å². The Labute approximate surface area is 131 Å². The number of nitriles is 1. The van der Waals surface area contributed by atoms with E-state index in [1.54, 1.807) is 0 Å². The summed E-state index contributed by atoms with van der Waals surface area (Å²) in [7, 11) is 0. The number of nitrogens with one attached hydrogen (secondary N) is 1. The van der Waals surface area contributed by atoms with Crippen LogP contribution in [0.1, 0.15) is 12.0 Å². The summed E-state index contributed by atoms with van der Waals surface area (Å²) in [4.78, 5) is 26.0. The van der Waals surface area contributed by atoms with E-state index in [-0.39, 0.29) is 28.9 Å². The maximum absolute atomic E-state index is 11.7. The zero-order valence-electron chi connectivity index (χ0n) is 12.0. The smallest absolute Gasteiger partial charge is 0.335 e. The number of anilines is 2. The maximum Gasteiger partial charge on any atom is 0.335 e. The van der Waals surface area contributed by atoms with Gasteiger partial charge >= 0.3 is 5.69 Å². The molecule has 23 heavy (non-hydrogen) atoms. The lowest BCUT2D eigenvalue weighted by Gasteiger charge is -2.27. The second-order valence-electron chi connectivity index (χ2n) is 5.70. The molecular weight excluding hydrogens is 300 g/mol. The molecule has 2 bridgehead atoms. The standard InChI is InChI=1S/C14H14N6O3/c15-4-8-5-18-13(16)12(20(22)23)11(8)19-10-7-2-1-6(3-7)9(10)14(17)21/h1-2,5-7,9-10H,3H2,(H2,17,21)(H3,16,18,19)/t6-,7+,9+,10-/m1/s1. The van der Waals surface area contributed by atoms with Crippen LogP contribution in [0.3, 0.4) is 0 Å². The fourth-order valence-electron chi connectivity index (χ4n) is 3.50. The molecule has 0 radical (unpaired) electrons. The van der Waals surface area contributed by atoms with Crippen LogP contribution in [0, 0.1) is 39.2 Å². The molecule has 1 aromatic rings. The van der Waals surface area contributed by atoms with Crippen molar-refractivity contribution in [1.82, 2.24) is 4.98 Å². The zero-order chi connectivity index (χ0) is 16.7. The highest BCUT2D eigenvalue weighted by molar-refractivity contribution is 5.82. The van der Waals surface area contributed by atoms with Gasteiger partial charge in [0, 0.05) is 12.2 Å². The molecule has 1 aromatic heterocycles. The topological polar surface area (TPSA) is 161 Å². The van der Waals surface area contributed by atoms with E-state index in [0.29, 0.717) is 0 Å². The molecule has 1 fully saturated rings. The normalized spacial score (nSPS) is 27.6. The van der Waals surface area contributed by atoms with E-state index in [9.17, 15) is 20.2 Å². The molecule has 2 aliphatic carbocycles. The fraction of sp³-hybridized carbons (Fsp3) is 0.357. The van der Waals surface area contributed by atoms with Gasteiger partial charge in [0.25, 0.3) is 0 Å². The SMILES string of the molecule is N#Cc1cnc(N)c([N+](=O)[O-])c1N[C@H]1[C@@H](C(N)=O)[C@@H]2C=C[C@H]1C2. The van der Waals surface area contributed by atoms with E-state index < -0.39 is 28.5 Å². The van der Waals surface area contributed by atoms with Crippen molar-refractivity contribution in [3.05, 3.63) is 34.0 Å². The number of nitrogens with two attached hydrogens (primary N) is 2. The van der Waals surface area contributed by atoms with Gasteiger partial charge in [-0.3, -0.25) is 14.9 Å². The van der Waals surface area contributed by atoms with Gasteiger partial charge in [0.1, 0.15) is 17.3 Å². The number of aromatic nitrogens is 1.